The summed E-state index contributed by atoms with van der Waals surface area (Å²) in [5.41, 5.74) is 4.53. The van der Waals surface area contributed by atoms with Gasteiger partial charge in [0.1, 0.15) is 11.9 Å². The van der Waals surface area contributed by atoms with Crippen LogP contribution in [0.5, 0.6) is 11.5 Å². The molecule has 258 valence electrons. The van der Waals surface area contributed by atoms with Gasteiger partial charge in [0.25, 0.3) is 5.91 Å². The molecule has 2 bridgehead atoms. The number of rotatable bonds is 5. The molecule has 1 atom stereocenters. The fourth-order valence-electron chi connectivity index (χ4n) is 6.61. The highest BCUT2D eigenvalue weighted by Gasteiger charge is 2.30. The van der Waals surface area contributed by atoms with E-state index in [0.29, 0.717) is 95.0 Å². The van der Waals surface area contributed by atoms with Crippen LogP contribution in [0.3, 0.4) is 0 Å². The summed E-state index contributed by atoms with van der Waals surface area (Å²) >= 11 is 0. The summed E-state index contributed by atoms with van der Waals surface area (Å²) in [7, 11) is 1.61. The van der Waals surface area contributed by atoms with Crippen molar-refractivity contribution in [3.05, 3.63) is 83.4 Å². The van der Waals surface area contributed by atoms with Crippen LogP contribution < -0.4 is 14.8 Å². The van der Waals surface area contributed by atoms with E-state index in [2.05, 4.69) is 20.0 Å². The van der Waals surface area contributed by atoms with Crippen LogP contribution in [-0.2, 0) is 22.7 Å². The second-order valence-corrected chi connectivity index (χ2v) is 12.8. The van der Waals surface area contributed by atoms with Gasteiger partial charge in [0.05, 0.1) is 26.0 Å². The van der Waals surface area contributed by atoms with E-state index in [1.54, 1.807) is 13.3 Å². The summed E-state index contributed by atoms with van der Waals surface area (Å²) < 4.78 is 15.8. The molecule has 1 saturated heterocycles. The first-order valence-electron chi connectivity index (χ1n) is 17.1. The third-order valence-electron chi connectivity index (χ3n) is 9.19. The fourth-order valence-corrected chi connectivity index (χ4v) is 6.61. The number of ether oxygens (including phenoxy) is 2. The summed E-state index contributed by atoms with van der Waals surface area (Å²) in [6.45, 7) is 7.53. The number of nitrogens with zero attached hydrogens (tertiary/aromatic N) is 6. The Hall–Kier alpha value is -5.13. The SMILES string of the molecule is COc1ccc2cc1OCCCN(C(=O)[C@H]1CCC(=O)N1)CCCCN(C(=O)c1cccc(Cn3nc(C)cc3C)c1)CCn1ccnc1-2. The van der Waals surface area contributed by atoms with Gasteiger partial charge in [-0.05, 0) is 81.5 Å². The van der Waals surface area contributed by atoms with Crippen molar-refractivity contribution in [1.82, 2.24) is 34.4 Å². The summed E-state index contributed by atoms with van der Waals surface area (Å²) in [4.78, 5) is 47.9. The maximum absolute atomic E-state index is 14.1. The molecule has 6 rings (SSSR count). The quantitative estimate of drug-likeness (QED) is 0.338. The Morgan fingerprint density at radius 2 is 1.80 bits per heavy atom. The Labute approximate surface area is 287 Å². The third kappa shape index (κ3) is 8.13. The smallest absolute Gasteiger partial charge is 0.253 e. The molecule has 2 aliphatic rings. The normalized spacial score (nSPS) is 17.5. The van der Waals surface area contributed by atoms with Crippen LogP contribution >= 0.6 is 0 Å². The number of aromatic nitrogens is 4. The minimum Gasteiger partial charge on any atom is -0.493 e. The number of fused-ring (bicyclic) bond motifs is 4. The zero-order chi connectivity index (χ0) is 34.3. The molecule has 0 unspecified atom stereocenters. The van der Waals surface area contributed by atoms with Crippen LogP contribution in [0.1, 0.15) is 59.4 Å². The maximum Gasteiger partial charge on any atom is 0.253 e. The number of carbonyl (C=O) groups is 3. The highest BCUT2D eigenvalue weighted by molar-refractivity contribution is 5.94. The van der Waals surface area contributed by atoms with Gasteiger partial charge in [-0.3, -0.25) is 19.1 Å². The molecule has 12 heteroatoms. The zero-order valence-electron chi connectivity index (χ0n) is 28.6. The summed E-state index contributed by atoms with van der Waals surface area (Å²) in [5, 5.41) is 7.42. The van der Waals surface area contributed by atoms with Crippen LogP contribution in [0.15, 0.2) is 60.9 Å². The molecule has 49 heavy (non-hydrogen) atoms. The van der Waals surface area contributed by atoms with E-state index >= 15 is 0 Å². The van der Waals surface area contributed by atoms with Gasteiger partial charge in [0.15, 0.2) is 11.5 Å². The summed E-state index contributed by atoms with van der Waals surface area (Å²) in [5.74, 6) is 1.77. The molecular weight excluding hydrogens is 622 g/mol. The summed E-state index contributed by atoms with van der Waals surface area (Å²) in [6.07, 6.45) is 6.59. The molecular formula is C37H45N7O5. The number of nitrogens with one attached hydrogen (secondary N) is 1. The van der Waals surface area contributed by atoms with Crippen LogP contribution in [0.4, 0.5) is 0 Å². The predicted octanol–water partition coefficient (Wildman–Crippen LogP) is 4.23. The van der Waals surface area contributed by atoms with Gasteiger partial charge in [-0.2, -0.15) is 5.10 Å². The molecule has 1 fully saturated rings. The van der Waals surface area contributed by atoms with Crippen molar-refractivity contribution in [2.75, 3.05) is 39.9 Å². The fraction of sp³-hybridized carbons (Fsp3) is 0.432. The highest BCUT2D eigenvalue weighted by atomic mass is 16.5. The van der Waals surface area contributed by atoms with Gasteiger partial charge in [0.2, 0.25) is 11.8 Å². The molecule has 0 aliphatic carbocycles. The Kier molecular flexibility index (Phi) is 10.6. The topological polar surface area (TPSA) is 124 Å². The van der Waals surface area contributed by atoms with Crippen LogP contribution in [0, 0.1) is 13.8 Å². The minimum atomic E-state index is -0.499. The third-order valence-corrected chi connectivity index (χ3v) is 9.19. The van der Waals surface area contributed by atoms with Gasteiger partial charge in [-0.25, -0.2) is 4.98 Å². The number of methoxy groups -OCH3 is 1. The van der Waals surface area contributed by atoms with E-state index in [0.717, 1.165) is 28.3 Å². The largest absolute Gasteiger partial charge is 0.493 e. The molecule has 0 radical (unpaired) electrons. The van der Waals surface area contributed by atoms with E-state index in [1.165, 1.54) is 0 Å². The molecule has 4 heterocycles. The van der Waals surface area contributed by atoms with E-state index in [-0.39, 0.29) is 17.7 Å². The van der Waals surface area contributed by atoms with Gasteiger partial charge >= 0.3 is 0 Å². The van der Waals surface area contributed by atoms with Gasteiger partial charge in [-0.1, -0.05) is 12.1 Å². The predicted molar refractivity (Wildman–Crippen MR) is 184 cm³/mol. The lowest BCUT2D eigenvalue weighted by atomic mass is 10.1. The molecule has 0 saturated carbocycles. The standard InChI is InChI=1S/C37H45N7O5/c1-26-22-27(2)44(40-26)25-28-8-6-9-30(23-28)36(46)43-16-5-4-15-42(37(47)31-11-13-34(45)39-31)17-7-21-49-33-24-29(10-12-32(33)48-3)35-38-14-18-41(35)19-20-43/h6,8-10,12,14,18,22-24,31H,4-5,7,11,13,15-17,19-21,25H2,1-3H3,(H,39,45)/t31-/m1/s1. The lowest BCUT2D eigenvalue weighted by molar-refractivity contribution is -0.134. The second kappa shape index (κ2) is 15.4. The van der Waals surface area contributed by atoms with Gasteiger partial charge < -0.3 is 29.2 Å². The second-order valence-electron chi connectivity index (χ2n) is 12.8. The molecule has 2 aromatic heterocycles. The first-order valence-corrected chi connectivity index (χ1v) is 17.1. The number of imidazole rings is 1. The van der Waals surface area contributed by atoms with Crippen molar-refractivity contribution in [3.8, 4) is 22.9 Å². The average molecular weight is 668 g/mol. The van der Waals surface area contributed by atoms with E-state index in [9.17, 15) is 14.4 Å². The number of hydrogen-bond acceptors (Lipinski definition) is 7. The molecule has 12 nitrogen and oxygen atoms in total. The lowest BCUT2D eigenvalue weighted by Crippen LogP contribution is -2.45. The van der Waals surface area contributed by atoms with Crippen molar-refractivity contribution in [1.29, 1.82) is 0 Å². The number of aryl methyl sites for hydroxylation is 2. The molecule has 1 N–H and O–H groups in total. The van der Waals surface area contributed by atoms with E-state index in [4.69, 9.17) is 9.47 Å². The Morgan fingerprint density at radius 1 is 0.980 bits per heavy atom. The Morgan fingerprint density at radius 3 is 2.55 bits per heavy atom. The molecule has 0 spiro atoms. The molecule has 2 aliphatic heterocycles. The van der Waals surface area contributed by atoms with Crippen LogP contribution in [0.2, 0.25) is 0 Å². The van der Waals surface area contributed by atoms with E-state index < -0.39 is 6.04 Å². The van der Waals surface area contributed by atoms with Crippen molar-refractivity contribution >= 4 is 17.7 Å². The molecule has 3 amide bonds. The van der Waals surface area contributed by atoms with E-state index in [1.807, 2.05) is 83.1 Å². The van der Waals surface area contributed by atoms with Crippen LogP contribution in [-0.4, -0.2) is 92.8 Å². The van der Waals surface area contributed by atoms with Crippen molar-refractivity contribution in [2.24, 2.45) is 0 Å². The average Bonchev–Trinajstić information content (AvgIpc) is 3.84. The first kappa shape index (κ1) is 33.8. The number of benzene rings is 2. The van der Waals surface area contributed by atoms with Gasteiger partial charge in [0, 0.05) is 68.4 Å². The van der Waals surface area contributed by atoms with Crippen molar-refractivity contribution in [2.45, 2.75) is 65.1 Å². The lowest BCUT2D eigenvalue weighted by Gasteiger charge is -2.27. The summed E-state index contributed by atoms with van der Waals surface area (Å²) in [6, 6.07) is 15.1. The number of hydrogen-bond donors (Lipinski definition) is 1. The first-order chi connectivity index (χ1) is 23.8. The maximum atomic E-state index is 14.1. The minimum absolute atomic E-state index is 0.0449. The highest BCUT2D eigenvalue weighted by Crippen LogP contribution is 2.32. The van der Waals surface area contributed by atoms with Gasteiger partial charge in [-0.15, -0.1) is 0 Å². The Balaban J connectivity index is 1.25. The Bertz CT molecular complexity index is 1800. The zero-order valence-corrected chi connectivity index (χ0v) is 28.6. The molecule has 4 aromatic rings. The van der Waals surface area contributed by atoms with Crippen LogP contribution in [0.25, 0.3) is 11.4 Å². The molecule has 2 aromatic carbocycles. The number of carbonyl (C=O) groups excluding carboxylic acids is 3. The number of amides is 3. The van der Waals surface area contributed by atoms with Crippen molar-refractivity contribution < 1.29 is 23.9 Å². The monoisotopic (exact) mass is 667 g/mol. The van der Waals surface area contributed by atoms with Crippen molar-refractivity contribution in [3.63, 3.8) is 0 Å².